The summed E-state index contributed by atoms with van der Waals surface area (Å²) in [5, 5.41) is 0. The van der Waals surface area contributed by atoms with Crippen molar-refractivity contribution < 1.29 is 0 Å². The SMILES string of the molecule is Cc1cc(C)cc(C2(N)CC(C(C)(C)C)C2)c1. The maximum absolute atomic E-state index is 6.55. The van der Waals surface area contributed by atoms with Gasteiger partial charge in [-0.3, -0.25) is 0 Å². The van der Waals surface area contributed by atoms with Gasteiger partial charge < -0.3 is 5.73 Å². The van der Waals surface area contributed by atoms with Crippen molar-refractivity contribution in [1.82, 2.24) is 0 Å². The maximum Gasteiger partial charge on any atom is 0.0415 e. The highest BCUT2D eigenvalue weighted by Crippen LogP contribution is 2.51. The van der Waals surface area contributed by atoms with Gasteiger partial charge in [0.25, 0.3) is 0 Å². The molecule has 0 amide bonds. The van der Waals surface area contributed by atoms with Gasteiger partial charge in [-0.25, -0.2) is 0 Å². The van der Waals surface area contributed by atoms with Crippen LogP contribution in [0.3, 0.4) is 0 Å². The second-order valence-electron chi connectivity index (χ2n) is 7.00. The molecule has 17 heavy (non-hydrogen) atoms. The zero-order valence-corrected chi connectivity index (χ0v) is 11.8. The lowest BCUT2D eigenvalue weighted by molar-refractivity contribution is 0.0489. The van der Waals surface area contributed by atoms with Crippen LogP contribution >= 0.6 is 0 Å². The Morgan fingerprint density at radius 3 is 1.94 bits per heavy atom. The summed E-state index contributed by atoms with van der Waals surface area (Å²) in [5.74, 6) is 0.758. The predicted molar refractivity (Wildman–Crippen MR) is 74.0 cm³/mol. The van der Waals surface area contributed by atoms with Gasteiger partial charge in [0.05, 0.1) is 0 Å². The molecule has 2 rings (SSSR count). The topological polar surface area (TPSA) is 26.0 Å². The van der Waals surface area contributed by atoms with Crippen molar-refractivity contribution in [2.45, 2.75) is 53.0 Å². The molecule has 94 valence electrons. The minimum Gasteiger partial charge on any atom is -0.321 e. The lowest BCUT2D eigenvalue weighted by Gasteiger charge is -2.51. The molecule has 1 nitrogen and oxygen atoms in total. The second-order valence-corrected chi connectivity index (χ2v) is 7.00. The summed E-state index contributed by atoms with van der Waals surface area (Å²) in [4.78, 5) is 0. The number of aryl methyl sites for hydroxylation is 2. The highest BCUT2D eigenvalue weighted by atomic mass is 14.8. The molecule has 0 bridgehead atoms. The molecule has 1 aromatic carbocycles. The molecule has 1 aliphatic rings. The molecule has 0 spiro atoms. The molecular formula is C16H25N. The number of nitrogens with two attached hydrogens (primary N) is 1. The summed E-state index contributed by atoms with van der Waals surface area (Å²) in [6, 6.07) is 6.73. The summed E-state index contributed by atoms with van der Waals surface area (Å²) >= 11 is 0. The molecule has 2 N–H and O–H groups in total. The van der Waals surface area contributed by atoms with Crippen molar-refractivity contribution in [3.05, 3.63) is 34.9 Å². The Hall–Kier alpha value is -0.820. The van der Waals surface area contributed by atoms with E-state index in [0.29, 0.717) is 5.41 Å². The van der Waals surface area contributed by atoms with Crippen LogP contribution < -0.4 is 5.73 Å². The third kappa shape index (κ3) is 2.40. The Balaban J connectivity index is 2.20. The standard InChI is InChI=1S/C16H25N/c1-11-6-12(2)8-13(7-11)16(17)9-14(10-16)15(3,4)5/h6-8,14H,9-10,17H2,1-5H3. The average Bonchev–Trinajstić information content (AvgIpc) is 2.09. The van der Waals surface area contributed by atoms with Crippen molar-refractivity contribution in [2.75, 3.05) is 0 Å². The van der Waals surface area contributed by atoms with Gasteiger partial charge in [0.1, 0.15) is 0 Å². The van der Waals surface area contributed by atoms with Crippen LogP contribution in [0.15, 0.2) is 18.2 Å². The number of hydrogen-bond donors (Lipinski definition) is 1. The van der Waals surface area contributed by atoms with E-state index in [1.54, 1.807) is 0 Å². The zero-order valence-electron chi connectivity index (χ0n) is 11.8. The molecule has 1 aromatic rings. The Labute approximate surface area is 105 Å². The fourth-order valence-electron chi connectivity index (χ4n) is 2.93. The smallest absolute Gasteiger partial charge is 0.0415 e. The van der Waals surface area contributed by atoms with Gasteiger partial charge in [0.15, 0.2) is 0 Å². The van der Waals surface area contributed by atoms with Crippen molar-refractivity contribution in [2.24, 2.45) is 17.1 Å². The van der Waals surface area contributed by atoms with E-state index in [0.717, 1.165) is 18.8 Å². The maximum atomic E-state index is 6.55. The predicted octanol–water partition coefficient (Wildman–Crippen LogP) is 3.91. The van der Waals surface area contributed by atoms with E-state index in [1.165, 1.54) is 16.7 Å². The van der Waals surface area contributed by atoms with Gasteiger partial charge in [0.2, 0.25) is 0 Å². The molecule has 0 unspecified atom stereocenters. The molecule has 0 saturated heterocycles. The molecule has 0 aliphatic heterocycles. The summed E-state index contributed by atoms with van der Waals surface area (Å²) in [6.45, 7) is 11.3. The number of benzene rings is 1. The van der Waals surface area contributed by atoms with E-state index in [9.17, 15) is 0 Å². The van der Waals surface area contributed by atoms with Gasteiger partial charge in [0, 0.05) is 5.54 Å². The Kier molecular flexibility index (Phi) is 2.86. The molecule has 1 heteroatoms. The first-order valence-corrected chi connectivity index (χ1v) is 6.58. The monoisotopic (exact) mass is 231 g/mol. The van der Waals surface area contributed by atoms with Crippen molar-refractivity contribution in [1.29, 1.82) is 0 Å². The third-order valence-electron chi connectivity index (χ3n) is 4.24. The van der Waals surface area contributed by atoms with E-state index in [2.05, 4.69) is 52.8 Å². The van der Waals surface area contributed by atoms with Crippen LogP contribution in [0.25, 0.3) is 0 Å². The molecule has 1 aliphatic carbocycles. The molecule has 0 radical (unpaired) electrons. The highest BCUT2D eigenvalue weighted by molar-refractivity contribution is 5.35. The van der Waals surface area contributed by atoms with Crippen molar-refractivity contribution >= 4 is 0 Å². The van der Waals surface area contributed by atoms with Crippen LogP contribution in [0.2, 0.25) is 0 Å². The molecule has 0 aromatic heterocycles. The first-order chi connectivity index (χ1) is 7.71. The van der Waals surface area contributed by atoms with Gasteiger partial charge in [-0.15, -0.1) is 0 Å². The first kappa shape index (κ1) is 12.6. The fourth-order valence-corrected chi connectivity index (χ4v) is 2.93. The molecule has 0 atom stereocenters. The molecular weight excluding hydrogens is 206 g/mol. The lowest BCUT2D eigenvalue weighted by Crippen LogP contribution is -2.52. The fraction of sp³-hybridized carbons (Fsp3) is 0.625. The second kappa shape index (κ2) is 3.84. The van der Waals surface area contributed by atoms with Gasteiger partial charge in [-0.1, -0.05) is 50.1 Å². The summed E-state index contributed by atoms with van der Waals surface area (Å²) < 4.78 is 0. The van der Waals surface area contributed by atoms with Gasteiger partial charge >= 0.3 is 0 Å². The quantitative estimate of drug-likeness (QED) is 0.779. The van der Waals surface area contributed by atoms with Crippen LogP contribution in [-0.4, -0.2) is 0 Å². The lowest BCUT2D eigenvalue weighted by atomic mass is 9.57. The van der Waals surface area contributed by atoms with Crippen LogP contribution in [0.4, 0.5) is 0 Å². The van der Waals surface area contributed by atoms with Crippen LogP contribution in [0, 0.1) is 25.2 Å². The molecule has 1 saturated carbocycles. The Morgan fingerprint density at radius 2 is 1.53 bits per heavy atom. The van der Waals surface area contributed by atoms with Gasteiger partial charge in [-0.05, 0) is 43.6 Å². The Bertz CT molecular complexity index is 399. The first-order valence-electron chi connectivity index (χ1n) is 6.58. The van der Waals surface area contributed by atoms with Crippen LogP contribution in [0.5, 0.6) is 0 Å². The van der Waals surface area contributed by atoms with Gasteiger partial charge in [-0.2, -0.15) is 0 Å². The van der Waals surface area contributed by atoms with E-state index < -0.39 is 0 Å². The average molecular weight is 231 g/mol. The minimum absolute atomic E-state index is 0.0747. The van der Waals surface area contributed by atoms with Crippen LogP contribution in [0.1, 0.15) is 50.3 Å². The number of rotatable bonds is 1. The number of hydrogen-bond acceptors (Lipinski definition) is 1. The van der Waals surface area contributed by atoms with E-state index >= 15 is 0 Å². The summed E-state index contributed by atoms with van der Waals surface area (Å²) in [5.41, 5.74) is 10.8. The van der Waals surface area contributed by atoms with E-state index in [4.69, 9.17) is 5.73 Å². The van der Waals surface area contributed by atoms with E-state index in [-0.39, 0.29) is 5.54 Å². The Morgan fingerprint density at radius 1 is 1.06 bits per heavy atom. The minimum atomic E-state index is -0.0747. The summed E-state index contributed by atoms with van der Waals surface area (Å²) in [7, 11) is 0. The van der Waals surface area contributed by atoms with Crippen molar-refractivity contribution in [3.8, 4) is 0 Å². The highest BCUT2D eigenvalue weighted by Gasteiger charge is 2.46. The van der Waals surface area contributed by atoms with E-state index in [1.807, 2.05) is 0 Å². The molecule has 0 heterocycles. The van der Waals surface area contributed by atoms with Crippen LogP contribution in [-0.2, 0) is 5.54 Å². The van der Waals surface area contributed by atoms with Crippen molar-refractivity contribution in [3.63, 3.8) is 0 Å². The largest absolute Gasteiger partial charge is 0.321 e. The molecule has 1 fully saturated rings. The zero-order chi connectivity index (χ0) is 12.8. The third-order valence-corrected chi connectivity index (χ3v) is 4.24. The normalized spacial score (nSPS) is 28.9. The summed E-state index contributed by atoms with van der Waals surface area (Å²) in [6.07, 6.45) is 2.25.